The number of nitrogens with zero attached hydrogens (tertiary/aromatic N) is 3. The number of thiazole rings is 1. The summed E-state index contributed by atoms with van der Waals surface area (Å²) in [5, 5.41) is 9.48. The Hall–Kier alpha value is -1.96. The molecule has 2 aromatic heterocycles. The van der Waals surface area contributed by atoms with Crippen molar-refractivity contribution in [1.29, 1.82) is 0 Å². The molecule has 0 fully saturated rings. The molecule has 2 heterocycles. The Labute approximate surface area is 120 Å². The zero-order valence-electron chi connectivity index (χ0n) is 11.2. The number of esters is 1. The molecule has 20 heavy (non-hydrogen) atoms. The third-order valence-corrected chi connectivity index (χ3v) is 3.31. The number of carbonyl (C=O) groups is 1. The summed E-state index contributed by atoms with van der Waals surface area (Å²) in [7, 11) is 0. The van der Waals surface area contributed by atoms with Crippen LogP contribution in [0, 0.1) is 0 Å². The SMILES string of the molecule is CCOC(=O)CCc1csc(NCCc2ncno2)n1. The summed E-state index contributed by atoms with van der Waals surface area (Å²) < 4.78 is 9.77. The van der Waals surface area contributed by atoms with Crippen LogP contribution in [-0.2, 0) is 22.4 Å². The molecule has 108 valence electrons. The molecule has 0 aliphatic heterocycles. The van der Waals surface area contributed by atoms with Crippen molar-refractivity contribution in [2.75, 3.05) is 18.5 Å². The van der Waals surface area contributed by atoms with Crippen LogP contribution >= 0.6 is 11.3 Å². The van der Waals surface area contributed by atoms with E-state index in [-0.39, 0.29) is 5.97 Å². The van der Waals surface area contributed by atoms with Gasteiger partial charge in [0.2, 0.25) is 5.89 Å². The van der Waals surface area contributed by atoms with Crippen LogP contribution in [0.15, 0.2) is 16.2 Å². The molecule has 0 saturated carbocycles. The number of hydrogen-bond donors (Lipinski definition) is 1. The van der Waals surface area contributed by atoms with E-state index >= 15 is 0 Å². The topological polar surface area (TPSA) is 90.1 Å². The van der Waals surface area contributed by atoms with Gasteiger partial charge in [-0.2, -0.15) is 4.98 Å². The largest absolute Gasteiger partial charge is 0.466 e. The number of aryl methyl sites for hydroxylation is 1. The van der Waals surface area contributed by atoms with Crippen LogP contribution in [0.3, 0.4) is 0 Å². The summed E-state index contributed by atoms with van der Waals surface area (Å²) in [6.45, 7) is 2.89. The van der Waals surface area contributed by atoms with Crippen molar-refractivity contribution in [3.05, 3.63) is 23.3 Å². The monoisotopic (exact) mass is 296 g/mol. The maximum Gasteiger partial charge on any atom is 0.306 e. The molecule has 0 radical (unpaired) electrons. The minimum absolute atomic E-state index is 0.189. The summed E-state index contributed by atoms with van der Waals surface area (Å²) in [5.41, 5.74) is 0.892. The third-order valence-electron chi connectivity index (χ3n) is 2.46. The Kier molecular flexibility index (Phi) is 5.48. The van der Waals surface area contributed by atoms with Gasteiger partial charge in [-0.1, -0.05) is 5.16 Å². The number of rotatable bonds is 8. The van der Waals surface area contributed by atoms with Crippen molar-refractivity contribution < 1.29 is 14.1 Å². The highest BCUT2D eigenvalue weighted by Crippen LogP contribution is 2.16. The zero-order valence-corrected chi connectivity index (χ0v) is 12.0. The second-order valence-electron chi connectivity index (χ2n) is 3.96. The molecule has 0 atom stereocenters. The van der Waals surface area contributed by atoms with Crippen molar-refractivity contribution in [2.24, 2.45) is 0 Å². The first-order valence-electron chi connectivity index (χ1n) is 6.37. The maximum atomic E-state index is 11.2. The maximum absolute atomic E-state index is 11.2. The predicted octanol–water partition coefficient (Wildman–Crippen LogP) is 1.68. The fraction of sp³-hybridized carbons (Fsp3) is 0.500. The number of aromatic nitrogens is 3. The number of hydrogen-bond acceptors (Lipinski definition) is 8. The normalized spacial score (nSPS) is 10.4. The van der Waals surface area contributed by atoms with E-state index in [1.807, 2.05) is 5.38 Å². The molecule has 2 rings (SSSR count). The summed E-state index contributed by atoms with van der Waals surface area (Å²) in [4.78, 5) is 19.6. The van der Waals surface area contributed by atoms with Crippen LogP contribution < -0.4 is 5.32 Å². The molecule has 0 aliphatic rings. The van der Waals surface area contributed by atoms with Gasteiger partial charge in [-0.3, -0.25) is 4.79 Å². The van der Waals surface area contributed by atoms with Gasteiger partial charge in [0.25, 0.3) is 0 Å². The number of ether oxygens (including phenoxy) is 1. The number of anilines is 1. The van der Waals surface area contributed by atoms with Crippen molar-refractivity contribution >= 4 is 22.4 Å². The third kappa shape index (κ3) is 4.61. The van der Waals surface area contributed by atoms with E-state index in [0.717, 1.165) is 10.8 Å². The van der Waals surface area contributed by atoms with Crippen LogP contribution in [0.1, 0.15) is 24.9 Å². The molecular formula is C12H16N4O3S. The van der Waals surface area contributed by atoms with Gasteiger partial charge in [0.15, 0.2) is 11.5 Å². The second kappa shape index (κ2) is 7.59. The van der Waals surface area contributed by atoms with Gasteiger partial charge in [-0.25, -0.2) is 4.98 Å². The van der Waals surface area contributed by atoms with Crippen LogP contribution in [0.2, 0.25) is 0 Å². The molecule has 2 aromatic rings. The first kappa shape index (κ1) is 14.4. The summed E-state index contributed by atoms with van der Waals surface area (Å²) >= 11 is 1.51. The molecule has 0 unspecified atom stereocenters. The molecule has 0 spiro atoms. The first-order valence-corrected chi connectivity index (χ1v) is 7.25. The Morgan fingerprint density at radius 1 is 1.50 bits per heavy atom. The zero-order chi connectivity index (χ0) is 14.2. The van der Waals surface area contributed by atoms with E-state index in [4.69, 9.17) is 9.26 Å². The molecule has 0 amide bonds. The Morgan fingerprint density at radius 3 is 3.15 bits per heavy atom. The van der Waals surface area contributed by atoms with Gasteiger partial charge in [-0.05, 0) is 6.92 Å². The highest BCUT2D eigenvalue weighted by molar-refractivity contribution is 7.13. The number of carbonyl (C=O) groups excluding carboxylic acids is 1. The van der Waals surface area contributed by atoms with Crippen molar-refractivity contribution in [3.63, 3.8) is 0 Å². The number of nitrogens with one attached hydrogen (secondary N) is 1. The molecule has 0 saturated heterocycles. The fourth-order valence-corrected chi connectivity index (χ4v) is 2.32. The van der Waals surface area contributed by atoms with Gasteiger partial charge in [0, 0.05) is 24.8 Å². The Morgan fingerprint density at radius 2 is 2.40 bits per heavy atom. The lowest BCUT2D eigenvalue weighted by molar-refractivity contribution is -0.143. The lowest BCUT2D eigenvalue weighted by Gasteiger charge is -2.00. The van der Waals surface area contributed by atoms with Gasteiger partial charge in [0.05, 0.1) is 18.7 Å². The lowest BCUT2D eigenvalue weighted by Crippen LogP contribution is -2.06. The fourth-order valence-electron chi connectivity index (χ4n) is 1.55. The van der Waals surface area contributed by atoms with E-state index in [0.29, 0.717) is 38.3 Å². The van der Waals surface area contributed by atoms with E-state index in [9.17, 15) is 4.79 Å². The van der Waals surface area contributed by atoms with Crippen LogP contribution in [0.25, 0.3) is 0 Å². The molecule has 1 N–H and O–H groups in total. The van der Waals surface area contributed by atoms with Gasteiger partial charge >= 0.3 is 5.97 Å². The average Bonchev–Trinajstić information content (AvgIpc) is 3.08. The first-order chi connectivity index (χ1) is 9.78. The average molecular weight is 296 g/mol. The van der Waals surface area contributed by atoms with Crippen molar-refractivity contribution in [1.82, 2.24) is 15.1 Å². The molecule has 8 heteroatoms. The highest BCUT2D eigenvalue weighted by Gasteiger charge is 2.06. The standard InChI is InChI=1S/C12H16N4O3S/c1-2-18-11(17)4-3-9-7-20-12(16-9)13-6-5-10-14-8-15-19-10/h7-8H,2-6H2,1H3,(H,13,16). The Bertz CT molecular complexity index is 527. The quantitative estimate of drug-likeness (QED) is 0.741. The molecule has 0 bridgehead atoms. The van der Waals surface area contributed by atoms with Crippen LogP contribution in [0.4, 0.5) is 5.13 Å². The second-order valence-corrected chi connectivity index (χ2v) is 4.82. The smallest absolute Gasteiger partial charge is 0.306 e. The lowest BCUT2D eigenvalue weighted by atomic mass is 10.2. The highest BCUT2D eigenvalue weighted by atomic mass is 32.1. The Balaban J connectivity index is 1.70. The molecular weight excluding hydrogens is 280 g/mol. The molecule has 0 aliphatic carbocycles. The summed E-state index contributed by atoms with van der Waals surface area (Å²) in [5.74, 6) is 0.406. The van der Waals surface area contributed by atoms with Gasteiger partial charge in [0.1, 0.15) is 0 Å². The summed E-state index contributed by atoms with van der Waals surface area (Å²) in [6, 6.07) is 0. The predicted molar refractivity (Wildman–Crippen MR) is 73.6 cm³/mol. The van der Waals surface area contributed by atoms with Crippen molar-refractivity contribution in [3.8, 4) is 0 Å². The molecule has 7 nitrogen and oxygen atoms in total. The van der Waals surface area contributed by atoms with E-state index < -0.39 is 0 Å². The molecule has 0 aromatic carbocycles. The van der Waals surface area contributed by atoms with E-state index in [1.165, 1.54) is 17.7 Å². The minimum atomic E-state index is -0.189. The summed E-state index contributed by atoms with van der Waals surface area (Å²) in [6.07, 6.45) is 2.99. The van der Waals surface area contributed by atoms with Crippen LogP contribution in [0.5, 0.6) is 0 Å². The van der Waals surface area contributed by atoms with Gasteiger partial charge in [-0.15, -0.1) is 11.3 Å². The van der Waals surface area contributed by atoms with E-state index in [1.54, 1.807) is 6.92 Å². The van der Waals surface area contributed by atoms with E-state index in [2.05, 4.69) is 20.4 Å². The van der Waals surface area contributed by atoms with Gasteiger partial charge < -0.3 is 14.6 Å². The van der Waals surface area contributed by atoms with Crippen LogP contribution in [-0.4, -0.2) is 34.2 Å². The van der Waals surface area contributed by atoms with Crippen molar-refractivity contribution in [2.45, 2.75) is 26.2 Å². The minimum Gasteiger partial charge on any atom is -0.466 e.